The van der Waals surface area contributed by atoms with Gasteiger partial charge in [0.1, 0.15) is 18.6 Å². The Morgan fingerprint density at radius 1 is 1.08 bits per heavy atom. The number of hydrogen-bond acceptors (Lipinski definition) is 7. The molecule has 6 N–H and O–H groups in total. The van der Waals surface area contributed by atoms with Gasteiger partial charge in [0.25, 0.3) is 0 Å². The van der Waals surface area contributed by atoms with Crippen LogP contribution in [0, 0.1) is 0 Å². The van der Waals surface area contributed by atoms with Crippen LogP contribution in [0.2, 0.25) is 0 Å². The van der Waals surface area contributed by atoms with E-state index in [2.05, 4.69) is 21.4 Å². The van der Waals surface area contributed by atoms with E-state index in [1.54, 1.807) is 13.2 Å². The first-order valence-electron chi connectivity index (χ1n) is 12.4. The molecule has 3 atom stereocenters. The minimum Gasteiger partial charge on any atom is -0.401 e. The summed E-state index contributed by atoms with van der Waals surface area (Å²) in [6.45, 7) is 2.08. The van der Waals surface area contributed by atoms with E-state index < -0.39 is 12.1 Å². The van der Waals surface area contributed by atoms with Gasteiger partial charge in [0.15, 0.2) is 0 Å². The maximum atomic E-state index is 13.4. The average molecular weight is 500 g/mol. The van der Waals surface area contributed by atoms with E-state index in [4.69, 9.17) is 5.73 Å². The van der Waals surface area contributed by atoms with Crippen molar-refractivity contribution in [3.05, 3.63) is 47.8 Å². The van der Waals surface area contributed by atoms with Gasteiger partial charge in [-0.05, 0) is 24.8 Å². The molecular formula is C25H37N7O4. The normalized spacial score (nSPS) is 26.3. The second-order valence-corrected chi connectivity index (χ2v) is 9.15. The van der Waals surface area contributed by atoms with Crippen LogP contribution in [0.25, 0.3) is 0 Å². The predicted molar refractivity (Wildman–Crippen MR) is 135 cm³/mol. The van der Waals surface area contributed by atoms with Crippen molar-refractivity contribution < 1.29 is 19.2 Å². The zero-order valence-corrected chi connectivity index (χ0v) is 21.0. The van der Waals surface area contributed by atoms with Gasteiger partial charge < -0.3 is 31.6 Å². The average Bonchev–Trinajstić information content (AvgIpc) is 3.36. The Morgan fingerprint density at radius 3 is 2.53 bits per heavy atom. The summed E-state index contributed by atoms with van der Waals surface area (Å²) < 4.78 is 0. The Morgan fingerprint density at radius 2 is 1.83 bits per heavy atom. The van der Waals surface area contributed by atoms with Gasteiger partial charge in [0.05, 0.1) is 6.54 Å². The van der Waals surface area contributed by atoms with E-state index in [0.29, 0.717) is 44.3 Å². The molecule has 0 bridgehead atoms. The molecule has 0 radical (unpaired) electrons. The summed E-state index contributed by atoms with van der Waals surface area (Å²) >= 11 is 0. The van der Waals surface area contributed by atoms with Gasteiger partial charge in [-0.25, -0.2) is 5.43 Å². The van der Waals surface area contributed by atoms with E-state index in [1.165, 1.54) is 9.91 Å². The number of nitrogens with zero attached hydrogens (tertiary/aromatic N) is 2. The summed E-state index contributed by atoms with van der Waals surface area (Å²) in [5, 5.41) is 10.0. The lowest BCUT2D eigenvalue weighted by Crippen LogP contribution is -2.55. The SMILES string of the molecule is CCC1C/C(N)=C/N(NC)CC(=O)NCC(=O)N2CCCC2C(=O)NC(Cc2ccccc2)C(=O)N1. The molecule has 2 aliphatic heterocycles. The number of carbonyl (C=O) groups is 4. The number of nitrogens with one attached hydrogen (secondary N) is 4. The van der Waals surface area contributed by atoms with Crippen molar-refractivity contribution in [3.63, 3.8) is 0 Å². The summed E-state index contributed by atoms with van der Waals surface area (Å²) in [6.07, 6.45) is 4.07. The van der Waals surface area contributed by atoms with Gasteiger partial charge in [-0.1, -0.05) is 37.3 Å². The molecule has 11 nitrogen and oxygen atoms in total. The maximum Gasteiger partial charge on any atom is 0.243 e. The fourth-order valence-corrected chi connectivity index (χ4v) is 4.48. The predicted octanol–water partition coefficient (Wildman–Crippen LogP) is -0.644. The minimum absolute atomic E-state index is 0.0588. The highest BCUT2D eigenvalue weighted by Crippen LogP contribution is 2.18. The van der Waals surface area contributed by atoms with Crippen LogP contribution in [0.15, 0.2) is 42.2 Å². The van der Waals surface area contributed by atoms with Crippen LogP contribution in [0.4, 0.5) is 0 Å². The number of fused-ring (bicyclic) bond motifs is 1. The van der Waals surface area contributed by atoms with Crippen molar-refractivity contribution in [2.45, 2.75) is 57.2 Å². The fraction of sp³-hybridized carbons (Fsp3) is 0.520. The molecule has 3 rings (SSSR count). The lowest BCUT2D eigenvalue weighted by molar-refractivity contribution is -0.139. The number of rotatable bonds is 4. The Bertz CT molecular complexity index is 968. The molecule has 1 aromatic carbocycles. The van der Waals surface area contributed by atoms with Gasteiger partial charge in [-0.15, -0.1) is 0 Å². The topological polar surface area (TPSA) is 149 Å². The first-order valence-corrected chi connectivity index (χ1v) is 12.4. The van der Waals surface area contributed by atoms with Gasteiger partial charge in [-0.3, -0.25) is 19.2 Å². The third-order valence-corrected chi connectivity index (χ3v) is 6.47. The Kier molecular flexibility index (Phi) is 9.69. The number of benzene rings is 1. The van der Waals surface area contributed by atoms with Crippen molar-refractivity contribution in [1.29, 1.82) is 0 Å². The number of nitrogens with two attached hydrogens (primary N) is 1. The highest BCUT2D eigenvalue weighted by molar-refractivity contribution is 5.93. The van der Waals surface area contributed by atoms with Crippen LogP contribution in [0.3, 0.4) is 0 Å². The molecule has 1 fully saturated rings. The van der Waals surface area contributed by atoms with E-state index in [9.17, 15) is 19.2 Å². The summed E-state index contributed by atoms with van der Waals surface area (Å²) in [6, 6.07) is 7.68. The molecule has 2 aliphatic rings. The monoisotopic (exact) mass is 499 g/mol. The van der Waals surface area contributed by atoms with Crippen molar-refractivity contribution >= 4 is 23.6 Å². The van der Waals surface area contributed by atoms with Crippen molar-refractivity contribution in [2.75, 3.05) is 26.7 Å². The van der Waals surface area contributed by atoms with Crippen LogP contribution in [0.5, 0.6) is 0 Å². The molecule has 0 aromatic heterocycles. The number of amides is 4. The van der Waals surface area contributed by atoms with Crippen LogP contribution < -0.4 is 27.1 Å². The van der Waals surface area contributed by atoms with E-state index >= 15 is 0 Å². The smallest absolute Gasteiger partial charge is 0.243 e. The summed E-state index contributed by atoms with van der Waals surface area (Å²) in [5.74, 6) is -1.39. The van der Waals surface area contributed by atoms with Crippen LogP contribution in [-0.2, 0) is 25.6 Å². The molecular weight excluding hydrogens is 462 g/mol. The van der Waals surface area contributed by atoms with Gasteiger partial charge in [-0.2, -0.15) is 0 Å². The van der Waals surface area contributed by atoms with Gasteiger partial charge in [0.2, 0.25) is 23.6 Å². The third kappa shape index (κ3) is 7.45. The number of hydrogen-bond donors (Lipinski definition) is 5. The lowest BCUT2D eigenvalue weighted by atomic mass is 10.0. The Balaban J connectivity index is 1.89. The molecule has 11 heteroatoms. The Labute approximate surface area is 211 Å². The van der Waals surface area contributed by atoms with E-state index in [-0.39, 0.29) is 42.8 Å². The molecule has 4 amide bonds. The second kappa shape index (κ2) is 12.9. The van der Waals surface area contributed by atoms with Crippen LogP contribution in [0.1, 0.15) is 38.2 Å². The zero-order valence-electron chi connectivity index (χ0n) is 21.0. The van der Waals surface area contributed by atoms with Crippen molar-refractivity contribution in [3.8, 4) is 0 Å². The third-order valence-electron chi connectivity index (χ3n) is 6.47. The number of hydrazine groups is 1. The quantitative estimate of drug-likeness (QED) is 0.370. The van der Waals surface area contributed by atoms with Crippen molar-refractivity contribution in [2.24, 2.45) is 5.73 Å². The molecule has 2 heterocycles. The fourth-order valence-electron chi connectivity index (χ4n) is 4.48. The standard InChI is InChI=1S/C25H37N7O4/c1-3-19-13-18(26)15-31(27-2)16-22(33)28-14-23(34)32-11-7-10-21(32)25(36)30-20(24(35)29-19)12-17-8-5-4-6-9-17/h4-6,8-9,15,19-21,27H,3,7,10-14,16,26H2,1-2H3,(H,28,33)(H,29,35)(H,30,36)/b18-15-. The maximum absolute atomic E-state index is 13.4. The first kappa shape index (κ1) is 27.0. The van der Waals surface area contributed by atoms with E-state index in [1.807, 2.05) is 37.3 Å². The minimum atomic E-state index is -0.819. The van der Waals surface area contributed by atoms with Gasteiger partial charge in [0, 0.05) is 44.4 Å². The highest BCUT2D eigenvalue weighted by Gasteiger charge is 2.36. The molecule has 0 aliphatic carbocycles. The lowest BCUT2D eigenvalue weighted by Gasteiger charge is -2.27. The van der Waals surface area contributed by atoms with E-state index in [0.717, 1.165) is 5.56 Å². The summed E-state index contributed by atoms with van der Waals surface area (Å²) in [5.41, 5.74) is 10.5. The summed E-state index contributed by atoms with van der Waals surface area (Å²) in [4.78, 5) is 53.4. The largest absolute Gasteiger partial charge is 0.401 e. The second-order valence-electron chi connectivity index (χ2n) is 9.15. The molecule has 196 valence electrons. The van der Waals surface area contributed by atoms with Crippen molar-refractivity contribution in [1.82, 2.24) is 31.3 Å². The molecule has 0 saturated carbocycles. The molecule has 0 spiro atoms. The zero-order chi connectivity index (χ0) is 26.1. The molecule has 3 unspecified atom stereocenters. The molecule has 1 saturated heterocycles. The van der Waals surface area contributed by atoms with Crippen LogP contribution in [-0.4, -0.2) is 78.3 Å². The van der Waals surface area contributed by atoms with Gasteiger partial charge >= 0.3 is 0 Å². The Hall–Kier alpha value is -3.60. The molecule has 1 aromatic rings. The molecule has 36 heavy (non-hydrogen) atoms. The number of carbonyl (C=O) groups excluding carboxylic acids is 4. The first-order chi connectivity index (χ1) is 17.3. The highest BCUT2D eigenvalue weighted by atomic mass is 16.2. The summed E-state index contributed by atoms with van der Waals surface area (Å²) in [7, 11) is 1.66. The van der Waals surface area contributed by atoms with Crippen LogP contribution >= 0.6 is 0 Å².